The molecule has 3 atom stereocenters. The molecule has 1 fully saturated rings. The fraction of sp³-hybridized carbons (Fsp3) is 0.364. The minimum Gasteiger partial charge on any atom is -0.391 e. The van der Waals surface area contributed by atoms with E-state index in [9.17, 15) is 9.90 Å². The molecule has 2 aromatic carbocycles. The zero-order chi connectivity index (χ0) is 19.1. The van der Waals surface area contributed by atoms with Gasteiger partial charge in [0.05, 0.1) is 29.1 Å². The normalized spacial score (nSPS) is 20.3. The van der Waals surface area contributed by atoms with E-state index in [1.54, 1.807) is 4.68 Å². The van der Waals surface area contributed by atoms with E-state index in [0.717, 1.165) is 16.9 Å². The molecule has 2 heterocycles. The van der Waals surface area contributed by atoms with Crippen molar-refractivity contribution in [1.82, 2.24) is 9.66 Å². The Bertz CT molecular complexity index is 1010. The fourth-order valence-electron chi connectivity index (χ4n) is 3.87. The summed E-state index contributed by atoms with van der Waals surface area (Å²) in [6, 6.07) is 17.3. The Labute approximate surface area is 158 Å². The molecule has 0 radical (unpaired) electrons. The Morgan fingerprint density at radius 2 is 1.74 bits per heavy atom. The summed E-state index contributed by atoms with van der Waals surface area (Å²) in [4.78, 5) is 18.0. The zero-order valence-corrected chi connectivity index (χ0v) is 15.9. The van der Waals surface area contributed by atoms with Crippen LogP contribution in [-0.4, -0.2) is 26.9 Å². The van der Waals surface area contributed by atoms with Gasteiger partial charge in [0, 0.05) is 6.42 Å². The maximum atomic E-state index is 13.3. The molecule has 5 heteroatoms. The topological polar surface area (TPSA) is 58.1 Å². The van der Waals surface area contributed by atoms with Gasteiger partial charge in [0.15, 0.2) is 0 Å². The molecule has 140 valence electrons. The van der Waals surface area contributed by atoms with E-state index in [2.05, 4.69) is 12.1 Å². The molecule has 0 spiro atoms. The van der Waals surface area contributed by atoms with Crippen LogP contribution in [0.15, 0.2) is 59.4 Å². The lowest BCUT2D eigenvalue weighted by Crippen LogP contribution is -2.37. The van der Waals surface area contributed by atoms with Crippen LogP contribution in [0, 0.1) is 5.92 Å². The largest absolute Gasteiger partial charge is 0.391 e. The predicted molar refractivity (Wildman–Crippen MR) is 107 cm³/mol. The third-order valence-electron chi connectivity index (χ3n) is 5.37. The maximum Gasteiger partial charge on any atom is 0.280 e. The number of aliphatic hydroxyl groups is 1. The van der Waals surface area contributed by atoms with Crippen molar-refractivity contribution in [2.45, 2.75) is 45.4 Å². The average molecular weight is 363 g/mol. The van der Waals surface area contributed by atoms with Gasteiger partial charge in [-0.1, -0.05) is 63.2 Å². The number of hydrogen-bond acceptors (Lipinski definition) is 4. The van der Waals surface area contributed by atoms with E-state index in [1.807, 2.05) is 68.2 Å². The Balaban J connectivity index is 1.88. The molecule has 1 N–H and O–H groups in total. The molecule has 3 aromatic rings. The number of aromatic nitrogens is 2. The number of para-hydroxylation sites is 1. The standard InChI is InChI=1S/C22H25N3O2/c1-4-18-23-17-13-9-8-12-16(17)22(27)24(18)25-19(15-10-6-5-7-11-15)20(25)21(26)14(2)3/h5-14,19-21,26H,4H2,1-3H3/t19-,20+,21-,25?/m1/s1. The van der Waals surface area contributed by atoms with Gasteiger partial charge in [-0.2, -0.15) is 0 Å². The van der Waals surface area contributed by atoms with Gasteiger partial charge in [-0.05, 0) is 23.6 Å². The molecule has 27 heavy (non-hydrogen) atoms. The molecule has 4 rings (SSSR count). The minimum atomic E-state index is -0.529. The van der Waals surface area contributed by atoms with E-state index in [1.165, 1.54) is 0 Å². The molecule has 1 saturated heterocycles. The van der Waals surface area contributed by atoms with Gasteiger partial charge in [0.1, 0.15) is 5.82 Å². The number of rotatable bonds is 5. The molecule has 0 bridgehead atoms. The summed E-state index contributed by atoms with van der Waals surface area (Å²) < 4.78 is 1.69. The van der Waals surface area contributed by atoms with Crippen molar-refractivity contribution in [3.05, 3.63) is 76.3 Å². The van der Waals surface area contributed by atoms with E-state index in [4.69, 9.17) is 4.98 Å². The Morgan fingerprint density at radius 1 is 1.07 bits per heavy atom. The monoisotopic (exact) mass is 363 g/mol. The van der Waals surface area contributed by atoms with Crippen molar-refractivity contribution in [3.63, 3.8) is 0 Å². The van der Waals surface area contributed by atoms with Crippen LogP contribution in [0.5, 0.6) is 0 Å². The molecule has 0 amide bonds. The second-order valence-corrected chi connectivity index (χ2v) is 7.48. The highest BCUT2D eigenvalue weighted by Gasteiger charge is 2.55. The first-order chi connectivity index (χ1) is 13.0. The molecule has 0 saturated carbocycles. The summed E-state index contributed by atoms with van der Waals surface area (Å²) in [5, 5.41) is 13.4. The van der Waals surface area contributed by atoms with Gasteiger partial charge in [0.2, 0.25) is 0 Å². The zero-order valence-electron chi connectivity index (χ0n) is 15.9. The third-order valence-corrected chi connectivity index (χ3v) is 5.37. The van der Waals surface area contributed by atoms with Gasteiger partial charge in [-0.25, -0.2) is 9.66 Å². The van der Waals surface area contributed by atoms with Crippen molar-refractivity contribution in [2.24, 2.45) is 5.92 Å². The lowest BCUT2D eigenvalue weighted by atomic mass is 9.99. The van der Waals surface area contributed by atoms with Crippen molar-refractivity contribution in [1.29, 1.82) is 0 Å². The summed E-state index contributed by atoms with van der Waals surface area (Å²) in [7, 11) is 0. The van der Waals surface area contributed by atoms with E-state index in [-0.39, 0.29) is 23.6 Å². The first-order valence-corrected chi connectivity index (χ1v) is 9.57. The van der Waals surface area contributed by atoms with Crippen LogP contribution in [0.2, 0.25) is 0 Å². The molecular weight excluding hydrogens is 338 g/mol. The molecule has 0 aliphatic carbocycles. The van der Waals surface area contributed by atoms with Gasteiger partial charge < -0.3 is 5.11 Å². The minimum absolute atomic E-state index is 0.0328. The van der Waals surface area contributed by atoms with Crippen LogP contribution in [0.3, 0.4) is 0 Å². The summed E-state index contributed by atoms with van der Waals surface area (Å²) in [6.07, 6.45) is 0.112. The first kappa shape index (κ1) is 17.7. The Morgan fingerprint density at radius 3 is 2.41 bits per heavy atom. The molecule has 1 aromatic heterocycles. The maximum absolute atomic E-state index is 13.3. The number of nitrogens with zero attached hydrogens (tertiary/aromatic N) is 3. The number of hydrogen-bond donors (Lipinski definition) is 1. The van der Waals surface area contributed by atoms with Crippen LogP contribution in [-0.2, 0) is 6.42 Å². The number of aryl methyl sites for hydroxylation is 1. The highest BCUT2D eigenvalue weighted by atomic mass is 16.3. The third kappa shape index (κ3) is 2.92. The Kier molecular flexibility index (Phi) is 4.48. The highest BCUT2D eigenvalue weighted by molar-refractivity contribution is 5.77. The van der Waals surface area contributed by atoms with E-state index < -0.39 is 6.10 Å². The lowest BCUT2D eigenvalue weighted by molar-refractivity contribution is 0.121. The fourth-order valence-corrected chi connectivity index (χ4v) is 3.87. The van der Waals surface area contributed by atoms with Crippen molar-refractivity contribution < 1.29 is 5.11 Å². The average Bonchev–Trinajstić information content (AvgIpc) is 3.42. The van der Waals surface area contributed by atoms with Crippen molar-refractivity contribution >= 4 is 10.9 Å². The van der Waals surface area contributed by atoms with Crippen LogP contribution < -0.4 is 10.6 Å². The highest BCUT2D eigenvalue weighted by Crippen LogP contribution is 2.44. The van der Waals surface area contributed by atoms with E-state index >= 15 is 0 Å². The molecule has 1 aliphatic heterocycles. The molecule has 0 unspecified atom stereocenters. The Hall–Kier alpha value is -2.66. The second kappa shape index (κ2) is 6.82. The summed E-state index contributed by atoms with van der Waals surface area (Å²) in [5.74, 6) is 0.818. The van der Waals surface area contributed by atoms with Crippen LogP contribution in [0.1, 0.15) is 38.2 Å². The molecule has 5 nitrogen and oxygen atoms in total. The van der Waals surface area contributed by atoms with Gasteiger partial charge in [0.25, 0.3) is 5.56 Å². The van der Waals surface area contributed by atoms with Gasteiger partial charge >= 0.3 is 0 Å². The summed E-state index contributed by atoms with van der Waals surface area (Å²) >= 11 is 0. The van der Waals surface area contributed by atoms with Crippen molar-refractivity contribution in [3.8, 4) is 0 Å². The first-order valence-electron chi connectivity index (χ1n) is 9.57. The van der Waals surface area contributed by atoms with Crippen molar-refractivity contribution in [2.75, 3.05) is 5.01 Å². The smallest absolute Gasteiger partial charge is 0.280 e. The molecule has 1 aliphatic rings. The summed E-state index contributed by atoms with van der Waals surface area (Å²) in [5.41, 5.74) is 1.75. The predicted octanol–water partition coefficient (Wildman–Crippen LogP) is 3.04. The van der Waals surface area contributed by atoms with E-state index in [0.29, 0.717) is 11.8 Å². The van der Waals surface area contributed by atoms with Crippen LogP contribution in [0.25, 0.3) is 10.9 Å². The second-order valence-electron chi connectivity index (χ2n) is 7.48. The van der Waals surface area contributed by atoms with Crippen LogP contribution >= 0.6 is 0 Å². The number of fused-ring (bicyclic) bond motifs is 1. The lowest BCUT2D eigenvalue weighted by Gasteiger charge is -2.18. The molecular formula is C22H25N3O2. The SMILES string of the molecule is CCc1nc2ccccc2c(=O)n1N1[C@H]([C@H](O)C(C)C)[C@H]1c1ccccc1. The quantitative estimate of drug-likeness (QED) is 0.708. The van der Waals surface area contributed by atoms with Crippen LogP contribution in [0.4, 0.5) is 0 Å². The number of benzene rings is 2. The van der Waals surface area contributed by atoms with Gasteiger partial charge in [-0.3, -0.25) is 9.80 Å². The summed E-state index contributed by atoms with van der Waals surface area (Å²) in [6.45, 7) is 6.01. The van der Waals surface area contributed by atoms with Gasteiger partial charge in [-0.15, -0.1) is 0 Å². The number of aliphatic hydroxyl groups excluding tert-OH is 1.